The number of nitrogens with zero attached hydrogens (tertiary/aromatic N) is 4. The minimum atomic E-state index is 0.474. The number of aryl methyl sites for hydroxylation is 2. The van der Waals surface area contributed by atoms with Crippen molar-refractivity contribution in [2.24, 2.45) is 0 Å². The summed E-state index contributed by atoms with van der Waals surface area (Å²) in [6.07, 6.45) is 2.33. The predicted octanol–water partition coefficient (Wildman–Crippen LogP) is 5.71. The standard InChI is InChI=1S/C27H31N4O2S/c1-17(2)19-8-10-20(11-9-19)25-22-16-24(33-5)23(32-4)15-21(22)14-18(3)31(25)26-28-27-30(29-26)12-6-7-13-34-27/h8-11,14-17H,6-7,12-13H2,1-5H3/q+1. The average Bonchev–Trinajstić information content (AvgIpc) is 3.11. The minimum Gasteiger partial charge on any atom is -0.493 e. The first kappa shape index (κ1) is 22.7. The second-order valence-corrected chi connectivity index (χ2v) is 10.1. The molecule has 0 N–H and O–H groups in total. The molecule has 0 unspecified atom stereocenters. The zero-order chi connectivity index (χ0) is 23.8. The van der Waals surface area contributed by atoms with Gasteiger partial charge in [0.15, 0.2) is 11.5 Å². The van der Waals surface area contributed by atoms with E-state index in [2.05, 4.69) is 66.4 Å². The van der Waals surface area contributed by atoms with Crippen molar-refractivity contribution in [2.45, 2.75) is 51.2 Å². The van der Waals surface area contributed by atoms with E-state index >= 15 is 0 Å². The second kappa shape index (κ2) is 9.29. The van der Waals surface area contributed by atoms with Crippen LogP contribution in [0.4, 0.5) is 0 Å². The number of thioether (sulfide) groups is 1. The van der Waals surface area contributed by atoms with Gasteiger partial charge in [-0.2, -0.15) is 9.25 Å². The quantitative estimate of drug-likeness (QED) is 0.346. The number of pyridine rings is 1. The molecule has 34 heavy (non-hydrogen) atoms. The molecule has 6 nitrogen and oxygen atoms in total. The Labute approximate surface area is 204 Å². The summed E-state index contributed by atoms with van der Waals surface area (Å²) in [5, 5.41) is 8.10. The normalized spacial score (nSPS) is 13.7. The number of methoxy groups -OCH3 is 2. The summed E-state index contributed by atoms with van der Waals surface area (Å²) in [6, 6.07) is 15.1. The number of fused-ring (bicyclic) bond motifs is 2. The molecule has 0 saturated carbocycles. The lowest BCUT2D eigenvalue weighted by Gasteiger charge is -2.16. The number of hydrogen-bond acceptors (Lipinski definition) is 5. The zero-order valence-corrected chi connectivity index (χ0v) is 21.3. The number of rotatable bonds is 5. The highest BCUT2D eigenvalue weighted by molar-refractivity contribution is 7.99. The third-order valence-electron chi connectivity index (χ3n) is 6.42. The van der Waals surface area contributed by atoms with E-state index in [0.29, 0.717) is 17.6 Å². The summed E-state index contributed by atoms with van der Waals surface area (Å²) in [7, 11) is 3.35. The van der Waals surface area contributed by atoms with Crippen LogP contribution in [0.25, 0.3) is 28.0 Å². The lowest BCUT2D eigenvalue weighted by atomic mass is 9.97. The van der Waals surface area contributed by atoms with Crippen LogP contribution >= 0.6 is 11.8 Å². The maximum atomic E-state index is 5.67. The zero-order valence-electron chi connectivity index (χ0n) is 20.5. The van der Waals surface area contributed by atoms with E-state index in [-0.39, 0.29) is 0 Å². The summed E-state index contributed by atoms with van der Waals surface area (Å²) < 4.78 is 15.5. The summed E-state index contributed by atoms with van der Waals surface area (Å²) in [5.41, 5.74) is 4.54. The largest absolute Gasteiger partial charge is 0.493 e. The van der Waals surface area contributed by atoms with E-state index in [1.165, 1.54) is 12.0 Å². The Bertz CT molecular complexity index is 1320. The van der Waals surface area contributed by atoms with Gasteiger partial charge in [-0.15, -0.1) is 0 Å². The maximum Gasteiger partial charge on any atom is 0.461 e. The van der Waals surface area contributed by atoms with Gasteiger partial charge >= 0.3 is 5.95 Å². The van der Waals surface area contributed by atoms with E-state index in [1.54, 1.807) is 26.0 Å². The summed E-state index contributed by atoms with van der Waals surface area (Å²) in [5.74, 6) is 3.69. The van der Waals surface area contributed by atoms with Crippen molar-refractivity contribution in [3.8, 4) is 28.7 Å². The molecular weight excluding hydrogens is 444 g/mol. The Hall–Kier alpha value is -3.06. The topological polar surface area (TPSA) is 53.0 Å². The SMILES string of the molecule is COc1cc2cc(C)[n+](-c3nc4n(n3)CCCCS4)c(-c3ccc(C(C)C)cc3)c2cc1OC. The first-order valence-corrected chi connectivity index (χ1v) is 12.8. The van der Waals surface area contributed by atoms with Crippen LogP contribution in [0.3, 0.4) is 0 Å². The number of benzene rings is 2. The molecule has 0 atom stereocenters. The highest BCUT2D eigenvalue weighted by Crippen LogP contribution is 2.37. The van der Waals surface area contributed by atoms with Crippen molar-refractivity contribution >= 4 is 22.5 Å². The van der Waals surface area contributed by atoms with Crippen molar-refractivity contribution in [3.63, 3.8) is 0 Å². The first-order chi connectivity index (χ1) is 16.5. The fourth-order valence-corrected chi connectivity index (χ4v) is 5.52. The van der Waals surface area contributed by atoms with Crippen LogP contribution in [0.5, 0.6) is 11.5 Å². The van der Waals surface area contributed by atoms with Crippen molar-refractivity contribution in [3.05, 3.63) is 53.7 Å². The molecule has 5 rings (SSSR count). The molecule has 0 saturated heterocycles. The van der Waals surface area contributed by atoms with Gasteiger partial charge in [-0.1, -0.05) is 49.9 Å². The van der Waals surface area contributed by atoms with E-state index in [1.807, 2.05) is 6.07 Å². The van der Waals surface area contributed by atoms with E-state index < -0.39 is 0 Å². The molecule has 4 aromatic rings. The monoisotopic (exact) mass is 475 g/mol. The van der Waals surface area contributed by atoms with Gasteiger partial charge in [0.1, 0.15) is 5.69 Å². The fraction of sp³-hybridized carbons (Fsp3) is 0.370. The highest BCUT2D eigenvalue weighted by Gasteiger charge is 2.28. The molecular formula is C27H31N4O2S+. The van der Waals surface area contributed by atoms with Crippen LogP contribution < -0.4 is 14.0 Å². The molecule has 1 aliphatic rings. The van der Waals surface area contributed by atoms with Crippen LogP contribution in [0.1, 0.15) is 43.9 Å². The molecule has 0 amide bonds. The second-order valence-electron chi connectivity index (χ2n) is 9.01. The lowest BCUT2D eigenvalue weighted by molar-refractivity contribution is -0.597. The van der Waals surface area contributed by atoms with Gasteiger partial charge in [-0.05, 0) is 59.8 Å². The molecule has 7 heteroatoms. The van der Waals surface area contributed by atoms with Gasteiger partial charge in [0.2, 0.25) is 0 Å². The Morgan fingerprint density at radius 1 is 1.00 bits per heavy atom. The van der Waals surface area contributed by atoms with Crippen LogP contribution in [0.15, 0.2) is 47.6 Å². The third-order valence-corrected chi connectivity index (χ3v) is 7.48. The Kier molecular flexibility index (Phi) is 6.21. The van der Waals surface area contributed by atoms with Gasteiger partial charge in [0, 0.05) is 21.8 Å². The predicted molar refractivity (Wildman–Crippen MR) is 136 cm³/mol. The summed E-state index contributed by atoms with van der Waals surface area (Å²) in [4.78, 5) is 4.98. The minimum absolute atomic E-state index is 0.474. The first-order valence-electron chi connectivity index (χ1n) is 11.8. The van der Waals surface area contributed by atoms with Crippen LogP contribution in [-0.2, 0) is 6.54 Å². The molecule has 0 bridgehead atoms. The lowest BCUT2D eigenvalue weighted by Crippen LogP contribution is -2.38. The number of aromatic nitrogens is 4. The van der Waals surface area contributed by atoms with Crippen molar-refractivity contribution in [1.29, 1.82) is 0 Å². The number of hydrogen-bond donors (Lipinski definition) is 0. The molecule has 3 heterocycles. The van der Waals surface area contributed by atoms with Gasteiger partial charge < -0.3 is 9.47 Å². The molecule has 2 aromatic heterocycles. The molecule has 2 aromatic carbocycles. The molecule has 176 valence electrons. The van der Waals surface area contributed by atoms with Crippen LogP contribution in [-0.4, -0.2) is 34.7 Å². The fourth-order valence-electron chi connectivity index (χ4n) is 4.56. The van der Waals surface area contributed by atoms with Crippen LogP contribution in [0, 0.1) is 6.92 Å². The highest BCUT2D eigenvalue weighted by atomic mass is 32.2. The summed E-state index contributed by atoms with van der Waals surface area (Å²) >= 11 is 1.79. The van der Waals surface area contributed by atoms with E-state index in [0.717, 1.165) is 57.3 Å². The van der Waals surface area contributed by atoms with Gasteiger partial charge in [0.25, 0.3) is 5.16 Å². The smallest absolute Gasteiger partial charge is 0.461 e. The van der Waals surface area contributed by atoms with Gasteiger partial charge in [-0.3, -0.25) is 0 Å². The Balaban J connectivity index is 1.80. The van der Waals surface area contributed by atoms with Gasteiger partial charge in [0.05, 0.1) is 26.5 Å². The third kappa shape index (κ3) is 4.02. The Morgan fingerprint density at radius 3 is 2.44 bits per heavy atom. The molecule has 1 aliphatic heterocycles. The molecule has 0 fully saturated rings. The van der Waals surface area contributed by atoms with Crippen molar-refractivity contribution < 1.29 is 14.0 Å². The summed E-state index contributed by atoms with van der Waals surface area (Å²) in [6.45, 7) is 7.45. The molecule has 0 spiro atoms. The average molecular weight is 476 g/mol. The van der Waals surface area contributed by atoms with E-state index in [4.69, 9.17) is 19.6 Å². The van der Waals surface area contributed by atoms with Crippen LogP contribution in [0.2, 0.25) is 0 Å². The Morgan fingerprint density at radius 2 is 1.74 bits per heavy atom. The number of ether oxygens (including phenoxy) is 2. The molecule has 0 aliphatic carbocycles. The van der Waals surface area contributed by atoms with Crippen molar-refractivity contribution in [2.75, 3.05) is 20.0 Å². The van der Waals surface area contributed by atoms with E-state index in [9.17, 15) is 0 Å². The van der Waals surface area contributed by atoms with Crippen molar-refractivity contribution in [1.82, 2.24) is 14.8 Å². The van der Waals surface area contributed by atoms with Gasteiger partial charge in [-0.25, -0.2) is 0 Å². The molecule has 0 radical (unpaired) electrons. The maximum absolute atomic E-state index is 5.67.